The Hall–Kier alpha value is -1.77. The first-order valence-corrected chi connectivity index (χ1v) is 5.24. The van der Waals surface area contributed by atoms with Crippen molar-refractivity contribution in [2.75, 3.05) is 11.9 Å². The topological polar surface area (TPSA) is 29.9 Å². The van der Waals surface area contributed by atoms with Crippen molar-refractivity contribution >= 4 is 5.69 Å². The number of nitrogens with one attached hydrogen (secondary N) is 1. The fourth-order valence-corrected chi connectivity index (χ4v) is 2.14. The maximum Gasteiger partial charge on any atom is 0.0949 e. The molecule has 0 saturated carbocycles. The molecule has 0 amide bonds. The molecule has 2 heterocycles. The number of benzene rings is 1. The fraction of sp³-hybridized carbons (Fsp3) is 0.250. The molecule has 0 unspecified atom stereocenters. The second-order valence-corrected chi connectivity index (χ2v) is 3.86. The standard InChI is InChI=1S/C12H13N3/c1-2-10(8-15-7-6-13-9-15)11-4-5-14-12(11)3-1/h1-3,6-7,9,14H,4-5,8H2. The number of fused-ring (bicyclic) bond motifs is 1. The van der Waals surface area contributed by atoms with Crippen molar-refractivity contribution < 1.29 is 0 Å². The van der Waals surface area contributed by atoms with E-state index in [0.717, 1.165) is 19.5 Å². The minimum Gasteiger partial charge on any atom is -0.384 e. The highest BCUT2D eigenvalue weighted by Gasteiger charge is 2.13. The van der Waals surface area contributed by atoms with E-state index < -0.39 is 0 Å². The minimum absolute atomic E-state index is 0.921. The molecule has 0 spiro atoms. The van der Waals surface area contributed by atoms with Crippen molar-refractivity contribution in [3.8, 4) is 0 Å². The number of anilines is 1. The Morgan fingerprint density at radius 1 is 1.40 bits per heavy atom. The quantitative estimate of drug-likeness (QED) is 0.800. The van der Waals surface area contributed by atoms with E-state index in [1.807, 2.05) is 18.7 Å². The highest BCUT2D eigenvalue weighted by molar-refractivity contribution is 5.58. The van der Waals surface area contributed by atoms with Gasteiger partial charge in [0, 0.05) is 31.2 Å². The van der Waals surface area contributed by atoms with E-state index in [4.69, 9.17) is 0 Å². The van der Waals surface area contributed by atoms with E-state index in [1.165, 1.54) is 16.8 Å². The molecule has 1 N–H and O–H groups in total. The van der Waals surface area contributed by atoms with Crippen LogP contribution in [0, 0.1) is 0 Å². The lowest BCUT2D eigenvalue weighted by molar-refractivity contribution is 0.789. The van der Waals surface area contributed by atoms with Crippen molar-refractivity contribution in [2.24, 2.45) is 0 Å². The maximum atomic E-state index is 4.06. The lowest BCUT2D eigenvalue weighted by Gasteiger charge is -2.08. The van der Waals surface area contributed by atoms with Crippen LogP contribution >= 0.6 is 0 Å². The third kappa shape index (κ3) is 1.50. The summed E-state index contributed by atoms with van der Waals surface area (Å²) in [5.74, 6) is 0. The summed E-state index contributed by atoms with van der Waals surface area (Å²) in [4.78, 5) is 4.06. The Labute approximate surface area is 88.8 Å². The van der Waals surface area contributed by atoms with Gasteiger partial charge in [-0.25, -0.2) is 4.98 Å². The first-order valence-electron chi connectivity index (χ1n) is 5.24. The Bertz CT molecular complexity index is 460. The van der Waals surface area contributed by atoms with Gasteiger partial charge < -0.3 is 9.88 Å². The van der Waals surface area contributed by atoms with Crippen LogP contribution in [0.25, 0.3) is 0 Å². The SMILES string of the molecule is c1cc(Cn2ccnc2)c2c(c1)NCC2. The second-order valence-electron chi connectivity index (χ2n) is 3.86. The van der Waals surface area contributed by atoms with Crippen LogP contribution in [0.3, 0.4) is 0 Å². The zero-order valence-corrected chi connectivity index (χ0v) is 8.48. The zero-order valence-electron chi connectivity index (χ0n) is 8.48. The molecule has 2 aromatic rings. The van der Waals surface area contributed by atoms with Crippen molar-refractivity contribution in [2.45, 2.75) is 13.0 Å². The molecule has 0 atom stereocenters. The molecule has 1 aromatic heterocycles. The first-order chi connectivity index (χ1) is 7.43. The molecule has 3 nitrogen and oxygen atoms in total. The molecular formula is C12H13N3. The van der Waals surface area contributed by atoms with Gasteiger partial charge in [-0.1, -0.05) is 12.1 Å². The van der Waals surface area contributed by atoms with Gasteiger partial charge >= 0.3 is 0 Å². The molecule has 76 valence electrons. The van der Waals surface area contributed by atoms with Crippen LogP contribution in [0.5, 0.6) is 0 Å². The lowest BCUT2D eigenvalue weighted by atomic mass is 10.1. The Morgan fingerprint density at radius 2 is 2.40 bits per heavy atom. The summed E-state index contributed by atoms with van der Waals surface area (Å²) in [6.45, 7) is 1.99. The molecule has 0 fully saturated rings. The third-order valence-corrected chi connectivity index (χ3v) is 2.88. The van der Waals surface area contributed by atoms with Crippen LogP contribution in [-0.2, 0) is 13.0 Å². The van der Waals surface area contributed by atoms with Gasteiger partial charge in [0.25, 0.3) is 0 Å². The monoisotopic (exact) mass is 199 g/mol. The summed E-state index contributed by atoms with van der Waals surface area (Å²) in [7, 11) is 0. The Balaban J connectivity index is 1.96. The molecule has 0 bridgehead atoms. The summed E-state index contributed by atoms with van der Waals surface area (Å²) in [6, 6.07) is 6.47. The predicted octanol–water partition coefficient (Wildman–Crippen LogP) is 1.90. The van der Waals surface area contributed by atoms with Crippen LogP contribution in [0.1, 0.15) is 11.1 Å². The summed E-state index contributed by atoms with van der Waals surface area (Å²) in [6.07, 6.45) is 6.82. The molecule has 3 rings (SSSR count). The Kier molecular flexibility index (Phi) is 1.95. The number of rotatable bonds is 2. The summed E-state index contributed by atoms with van der Waals surface area (Å²) in [5, 5.41) is 3.40. The lowest BCUT2D eigenvalue weighted by Crippen LogP contribution is -1.99. The first kappa shape index (κ1) is 8.53. The normalized spacial score (nSPS) is 13.6. The molecule has 0 aliphatic carbocycles. The fourth-order valence-electron chi connectivity index (χ4n) is 2.14. The Morgan fingerprint density at radius 3 is 3.27 bits per heavy atom. The number of imidazole rings is 1. The van der Waals surface area contributed by atoms with Crippen molar-refractivity contribution in [1.29, 1.82) is 0 Å². The molecule has 0 radical (unpaired) electrons. The van der Waals surface area contributed by atoms with Gasteiger partial charge in [0.05, 0.1) is 6.33 Å². The van der Waals surface area contributed by atoms with E-state index in [0.29, 0.717) is 0 Å². The molecule has 1 aromatic carbocycles. The molecular weight excluding hydrogens is 186 g/mol. The van der Waals surface area contributed by atoms with Gasteiger partial charge in [-0.2, -0.15) is 0 Å². The summed E-state index contributed by atoms with van der Waals surface area (Å²) in [5.41, 5.74) is 4.16. The van der Waals surface area contributed by atoms with Gasteiger partial charge in [-0.05, 0) is 23.6 Å². The highest BCUT2D eigenvalue weighted by atomic mass is 15.0. The predicted molar refractivity (Wildman–Crippen MR) is 60.0 cm³/mol. The molecule has 0 saturated heterocycles. The van der Waals surface area contributed by atoms with Crippen LogP contribution in [0.2, 0.25) is 0 Å². The van der Waals surface area contributed by atoms with Gasteiger partial charge in [0.2, 0.25) is 0 Å². The maximum absolute atomic E-state index is 4.06. The highest BCUT2D eigenvalue weighted by Crippen LogP contribution is 2.25. The smallest absolute Gasteiger partial charge is 0.0949 e. The summed E-state index contributed by atoms with van der Waals surface area (Å²) >= 11 is 0. The average molecular weight is 199 g/mol. The van der Waals surface area contributed by atoms with E-state index in [1.54, 1.807) is 0 Å². The van der Waals surface area contributed by atoms with Gasteiger partial charge in [0.15, 0.2) is 0 Å². The largest absolute Gasteiger partial charge is 0.384 e. The van der Waals surface area contributed by atoms with Gasteiger partial charge in [-0.15, -0.1) is 0 Å². The van der Waals surface area contributed by atoms with E-state index in [2.05, 4.69) is 33.1 Å². The van der Waals surface area contributed by atoms with Gasteiger partial charge in [-0.3, -0.25) is 0 Å². The number of hydrogen-bond acceptors (Lipinski definition) is 2. The van der Waals surface area contributed by atoms with Crippen LogP contribution in [-0.4, -0.2) is 16.1 Å². The zero-order chi connectivity index (χ0) is 10.1. The minimum atomic E-state index is 0.921. The van der Waals surface area contributed by atoms with Crippen LogP contribution < -0.4 is 5.32 Å². The van der Waals surface area contributed by atoms with E-state index >= 15 is 0 Å². The summed E-state index contributed by atoms with van der Waals surface area (Å²) < 4.78 is 2.11. The van der Waals surface area contributed by atoms with E-state index in [-0.39, 0.29) is 0 Å². The van der Waals surface area contributed by atoms with Crippen molar-refractivity contribution in [3.63, 3.8) is 0 Å². The molecule has 15 heavy (non-hydrogen) atoms. The third-order valence-electron chi connectivity index (χ3n) is 2.88. The van der Waals surface area contributed by atoms with Gasteiger partial charge in [0.1, 0.15) is 0 Å². The average Bonchev–Trinajstić information content (AvgIpc) is 2.87. The number of hydrogen-bond donors (Lipinski definition) is 1. The number of nitrogens with zero attached hydrogens (tertiary/aromatic N) is 2. The van der Waals surface area contributed by atoms with Crippen molar-refractivity contribution in [3.05, 3.63) is 48.0 Å². The van der Waals surface area contributed by atoms with Crippen LogP contribution in [0.4, 0.5) is 5.69 Å². The number of aromatic nitrogens is 2. The molecule has 3 heteroatoms. The van der Waals surface area contributed by atoms with Crippen molar-refractivity contribution in [1.82, 2.24) is 9.55 Å². The van der Waals surface area contributed by atoms with E-state index in [9.17, 15) is 0 Å². The second kappa shape index (κ2) is 3.42. The molecule has 1 aliphatic heterocycles. The molecule has 1 aliphatic rings. The van der Waals surface area contributed by atoms with Crippen LogP contribution in [0.15, 0.2) is 36.9 Å².